The van der Waals surface area contributed by atoms with E-state index in [-0.39, 0.29) is 29.3 Å². The summed E-state index contributed by atoms with van der Waals surface area (Å²) in [6.07, 6.45) is -0.134. The van der Waals surface area contributed by atoms with Crippen molar-refractivity contribution in [1.82, 2.24) is 18.9 Å². The number of alkyl halides is 3. The molecule has 0 aliphatic heterocycles. The summed E-state index contributed by atoms with van der Waals surface area (Å²) in [5.41, 5.74) is -0.685. The first-order valence-corrected chi connectivity index (χ1v) is 13.1. The second-order valence-corrected chi connectivity index (χ2v) is 9.74. The van der Waals surface area contributed by atoms with E-state index >= 15 is 0 Å². The second-order valence-electron chi connectivity index (χ2n) is 9.74. The lowest BCUT2D eigenvalue weighted by Crippen LogP contribution is -2.41. The van der Waals surface area contributed by atoms with Gasteiger partial charge in [-0.25, -0.2) is 9.48 Å². The van der Waals surface area contributed by atoms with Crippen LogP contribution < -0.4 is 11.2 Å². The Morgan fingerprint density at radius 2 is 1.68 bits per heavy atom. The minimum Gasteiger partial charge on any atom is -0.300 e. The average Bonchev–Trinajstić information content (AvgIpc) is 3.41. The quantitative estimate of drug-likeness (QED) is 0.234. The number of nitrogens with zero attached hydrogens (tertiary/aromatic N) is 5. The molecule has 0 spiro atoms. The fourth-order valence-corrected chi connectivity index (χ4v) is 4.74. The fourth-order valence-electron chi connectivity index (χ4n) is 4.74. The van der Waals surface area contributed by atoms with E-state index in [1.54, 1.807) is 30.3 Å². The third-order valence-electron chi connectivity index (χ3n) is 6.81. The molecule has 0 aliphatic rings. The molecule has 2 heterocycles. The lowest BCUT2D eigenvalue weighted by Gasteiger charge is -2.19. The van der Waals surface area contributed by atoms with E-state index in [1.165, 1.54) is 36.9 Å². The van der Waals surface area contributed by atoms with Crippen LogP contribution in [-0.2, 0) is 17.5 Å². The van der Waals surface area contributed by atoms with Gasteiger partial charge in [-0.1, -0.05) is 18.9 Å². The lowest BCUT2D eigenvalue weighted by molar-refractivity contribution is -0.137. The van der Waals surface area contributed by atoms with Gasteiger partial charge in [-0.2, -0.15) is 23.5 Å². The molecular weight excluding hydrogens is 535 g/mol. The first kappa shape index (κ1) is 29.3. The Labute approximate surface area is 233 Å². The normalized spacial score (nSPS) is 11.4. The van der Waals surface area contributed by atoms with E-state index in [9.17, 15) is 27.6 Å². The molecule has 0 radical (unpaired) electrons. The SMILES string of the molecule is CC(=O)CCCCCCn1c(=O)c(-c2ccnn2-c2ccc(C#N)cc2)c(C)n(-c2cccc(C(F)(F)F)c2)c1=O. The number of halogens is 3. The number of hydrogen-bond donors (Lipinski definition) is 0. The average molecular weight is 564 g/mol. The Balaban J connectivity index is 1.87. The summed E-state index contributed by atoms with van der Waals surface area (Å²) in [5.74, 6) is 0.0900. The number of ketones is 1. The maximum Gasteiger partial charge on any atom is 0.416 e. The van der Waals surface area contributed by atoms with Crippen molar-refractivity contribution in [1.29, 1.82) is 5.26 Å². The van der Waals surface area contributed by atoms with Crippen molar-refractivity contribution in [2.45, 2.75) is 58.7 Å². The van der Waals surface area contributed by atoms with Crippen LogP contribution in [-0.4, -0.2) is 24.7 Å². The maximum atomic E-state index is 13.9. The van der Waals surface area contributed by atoms with Crippen molar-refractivity contribution in [2.24, 2.45) is 0 Å². The molecular formula is C30H28F3N5O3. The van der Waals surface area contributed by atoms with E-state index in [2.05, 4.69) is 5.10 Å². The molecule has 2 aromatic heterocycles. The third kappa shape index (κ3) is 6.38. The summed E-state index contributed by atoms with van der Waals surface area (Å²) >= 11 is 0. The maximum absolute atomic E-state index is 13.9. The smallest absolute Gasteiger partial charge is 0.300 e. The standard InChI is InChI=1S/C30H28F3N5O3/c1-20(39)8-5-3-4-6-17-36-28(40)27(26-15-16-35-38(26)24-13-11-22(19-34)12-14-24)21(2)37(29(36)41)25-10-7-9-23(18-25)30(31,32)33/h7,9-16,18H,3-6,8,17H2,1-2H3. The molecule has 4 aromatic rings. The molecule has 0 unspecified atom stereocenters. The minimum atomic E-state index is -4.63. The number of unbranched alkanes of at least 4 members (excludes halogenated alkanes) is 3. The molecule has 0 saturated heterocycles. The van der Waals surface area contributed by atoms with Crippen LogP contribution in [0.2, 0.25) is 0 Å². The largest absolute Gasteiger partial charge is 0.416 e. The fraction of sp³-hybridized carbons (Fsp3) is 0.300. The zero-order chi connectivity index (χ0) is 29.7. The number of benzene rings is 2. The number of hydrogen-bond acceptors (Lipinski definition) is 5. The van der Waals surface area contributed by atoms with Crippen LogP contribution in [0.1, 0.15) is 55.8 Å². The zero-order valence-corrected chi connectivity index (χ0v) is 22.6. The zero-order valence-electron chi connectivity index (χ0n) is 22.6. The van der Waals surface area contributed by atoms with Crippen molar-refractivity contribution in [3.05, 3.63) is 98.5 Å². The predicted molar refractivity (Wildman–Crippen MR) is 147 cm³/mol. The lowest BCUT2D eigenvalue weighted by atomic mass is 10.1. The van der Waals surface area contributed by atoms with E-state index in [0.29, 0.717) is 42.6 Å². The van der Waals surface area contributed by atoms with Gasteiger partial charge in [-0.05, 0) is 75.2 Å². The molecule has 41 heavy (non-hydrogen) atoms. The number of carbonyl (C=O) groups excluding carboxylic acids is 1. The summed E-state index contributed by atoms with van der Waals surface area (Å²) in [5, 5.41) is 13.5. The number of Topliss-reactive ketones (excluding diaryl/α,β-unsaturated/α-hetero) is 1. The van der Waals surface area contributed by atoms with Crippen LogP contribution in [0.4, 0.5) is 13.2 Å². The minimum absolute atomic E-state index is 0.0248. The molecule has 2 aromatic carbocycles. The molecule has 4 rings (SSSR count). The molecule has 8 nitrogen and oxygen atoms in total. The van der Waals surface area contributed by atoms with Gasteiger partial charge in [0.25, 0.3) is 5.56 Å². The molecule has 0 fully saturated rings. The monoisotopic (exact) mass is 563 g/mol. The van der Waals surface area contributed by atoms with Crippen molar-refractivity contribution >= 4 is 5.78 Å². The number of carbonyl (C=O) groups is 1. The van der Waals surface area contributed by atoms with Gasteiger partial charge in [-0.15, -0.1) is 0 Å². The first-order valence-electron chi connectivity index (χ1n) is 13.1. The van der Waals surface area contributed by atoms with Gasteiger partial charge in [0.1, 0.15) is 5.78 Å². The number of rotatable bonds is 10. The molecule has 0 bridgehead atoms. The molecule has 0 N–H and O–H groups in total. The Kier molecular flexibility index (Phi) is 8.71. The third-order valence-corrected chi connectivity index (χ3v) is 6.81. The summed E-state index contributed by atoms with van der Waals surface area (Å²) in [6, 6.07) is 14.6. The highest BCUT2D eigenvalue weighted by molar-refractivity contribution is 5.75. The summed E-state index contributed by atoms with van der Waals surface area (Å²) < 4.78 is 44.3. The Morgan fingerprint density at radius 1 is 0.976 bits per heavy atom. The van der Waals surface area contributed by atoms with Gasteiger partial charge in [-0.3, -0.25) is 13.9 Å². The highest BCUT2D eigenvalue weighted by Crippen LogP contribution is 2.31. The van der Waals surface area contributed by atoms with Gasteiger partial charge in [0.05, 0.1) is 46.0 Å². The van der Waals surface area contributed by atoms with Crippen LogP contribution >= 0.6 is 0 Å². The van der Waals surface area contributed by atoms with E-state index in [4.69, 9.17) is 5.26 Å². The van der Waals surface area contributed by atoms with Crippen LogP contribution in [0.25, 0.3) is 22.6 Å². The highest BCUT2D eigenvalue weighted by atomic mass is 19.4. The first-order chi connectivity index (χ1) is 19.5. The Morgan fingerprint density at radius 3 is 2.34 bits per heavy atom. The molecule has 212 valence electrons. The molecule has 0 amide bonds. The van der Waals surface area contributed by atoms with Crippen molar-refractivity contribution < 1.29 is 18.0 Å². The Hall–Kier alpha value is -4.72. The topological polar surface area (TPSA) is 103 Å². The van der Waals surface area contributed by atoms with Gasteiger partial charge in [0.2, 0.25) is 0 Å². The van der Waals surface area contributed by atoms with Crippen molar-refractivity contribution in [3.8, 4) is 28.7 Å². The van der Waals surface area contributed by atoms with E-state index < -0.39 is 23.0 Å². The van der Waals surface area contributed by atoms with Gasteiger partial charge in [0.15, 0.2) is 0 Å². The molecule has 0 atom stereocenters. The van der Waals surface area contributed by atoms with E-state index in [0.717, 1.165) is 27.7 Å². The summed E-state index contributed by atoms with van der Waals surface area (Å²) in [4.78, 5) is 38.7. The van der Waals surface area contributed by atoms with Crippen LogP contribution in [0.5, 0.6) is 0 Å². The van der Waals surface area contributed by atoms with Gasteiger partial charge < -0.3 is 4.79 Å². The van der Waals surface area contributed by atoms with E-state index in [1.807, 2.05) is 6.07 Å². The van der Waals surface area contributed by atoms with Crippen LogP contribution in [0.3, 0.4) is 0 Å². The Bertz CT molecular complexity index is 1720. The molecule has 11 heteroatoms. The number of nitriles is 1. The van der Waals surface area contributed by atoms with Gasteiger partial charge >= 0.3 is 11.9 Å². The van der Waals surface area contributed by atoms with Crippen LogP contribution in [0, 0.1) is 18.3 Å². The highest BCUT2D eigenvalue weighted by Gasteiger charge is 2.31. The van der Waals surface area contributed by atoms with Crippen molar-refractivity contribution in [2.75, 3.05) is 0 Å². The summed E-state index contributed by atoms with van der Waals surface area (Å²) in [6.45, 7) is 3.09. The van der Waals surface area contributed by atoms with Crippen molar-refractivity contribution in [3.63, 3.8) is 0 Å². The molecule has 0 aliphatic carbocycles. The summed E-state index contributed by atoms with van der Waals surface area (Å²) in [7, 11) is 0. The number of aromatic nitrogens is 4. The molecule has 0 saturated carbocycles. The predicted octanol–water partition coefficient (Wildman–Crippen LogP) is 5.59. The second kappa shape index (κ2) is 12.2. The van der Waals surface area contributed by atoms with Crippen LogP contribution in [0.15, 0.2) is 70.4 Å². The van der Waals surface area contributed by atoms with Gasteiger partial charge in [0, 0.05) is 18.7 Å².